The number of aliphatic hydroxyl groups excluding tert-OH is 1. The minimum absolute atomic E-state index is 0.0377. The lowest BCUT2D eigenvalue weighted by Gasteiger charge is -2.34. The Balaban J connectivity index is 1.52. The Hall–Kier alpha value is -1.39. The van der Waals surface area contributed by atoms with Gasteiger partial charge in [-0.3, -0.25) is 4.79 Å². The van der Waals surface area contributed by atoms with E-state index < -0.39 is 6.10 Å². The Labute approximate surface area is 125 Å². The first-order chi connectivity index (χ1) is 10.2. The number of aliphatic hydroxyl groups is 1. The van der Waals surface area contributed by atoms with E-state index in [4.69, 9.17) is 4.74 Å². The van der Waals surface area contributed by atoms with Crippen molar-refractivity contribution < 1.29 is 14.6 Å². The first kappa shape index (κ1) is 14.5. The predicted molar refractivity (Wildman–Crippen MR) is 79.8 cm³/mol. The standard InChI is InChI=1S/C17H23NO3/c1-2-21-13-7-11(8-13)9-16(20)18-17-14-6-4-3-5-12(14)10-15(17)19/h3-6,11,13,15,17,19H,2,7-10H2,1H3,(H,18,20)/t11?,13?,15-,17+/m1/s1. The molecule has 2 N–H and O–H groups in total. The number of hydrogen-bond donors (Lipinski definition) is 2. The van der Waals surface area contributed by atoms with Crippen molar-refractivity contribution in [3.8, 4) is 0 Å². The van der Waals surface area contributed by atoms with Crippen molar-refractivity contribution in [1.82, 2.24) is 5.32 Å². The van der Waals surface area contributed by atoms with Crippen molar-refractivity contribution in [3.05, 3.63) is 35.4 Å². The molecule has 114 valence electrons. The van der Waals surface area contributed by atoms with Crippen LogP contribution in [0.5, 0.6) is 0 Å². The number of amides is 1. The highest BCUT2D eigenvalue weighted by atomic mass is 16.5. The van der Waals surface area contributed by atoms with Crippen molar-refractivity contribution in [2.45, 2.75) is 50.9 Å². The number of ether oxygens (including phenoxy) is 1. The summed E-state index contributed by atoms with van der Waals surface area (Å²) in [6.45, 7) is 2.74. The van der Waals surface area contributed by atoms with Crippen LogP contribution in [0.4, 0.5) is 0 Å². The van der Waals surface area contributed by atoms with Crippen LogP contribution in [0.25, 0.3) is 0 Å². The molecule has 2 aliphatic carbocycles. The van der Waals surface area contributed by atoms with Gasteiger partial charge in [-0.1, -0.05) is 24.3 Å². The van der Waals surface area contributed by atoms with Gasteiger partial charge in [-0.2, -0.15) is 0 Å². The number of carbonyl (C=O) groups excluding carboxylic acids is 1. The molecule has 1 amide bonds. The average molecular weight is 289 g/mol. The SMILES string of the molecule is CCOC1CC(CC(=O)N[C@H]2c3ccccc3C[C@H]2O)C1. The van der Waals surface area contributed by atoms with E-state index in [9.17, 15) is 9.90 Å². The molecular weight excluding hydrogens is 266 g/mol. The molecule has 0 bridgehead atoms. The molecule has 0 aromatic heterocycles. The van der Waals surface area contributed by atoms with Crippen LogP contribution in [-0.2, 0) is 16.0 Å². The van der Waals surface area contributed by atoms with Crippen molar-refractivity contribution in [3.63, 3.8) is 0 Å². The van der Waals surface area contributed by atoms with Crippen LogP contribution in [0.1, 0.15) is 43.4 Å². The fraction of sp³-hybridized carbons (Fsp3) is 0.588. The maximum atomic E-state index is 12.2. The summed E-state index contributed by atoms with van der Waals surface area (Å²) in [5.74, 6) is 0.464. The first-order valence-corrected chi connectivity index (χ1v) is 7.84. The smallest absolute Gasteiger partial charge is 0.220 e. The van der Waals surface area contributed by atoms with Crippen LogP contribution in [0.2, 0.25) is 0 Å². The molecular formula is C17H23NO3. The Morgan fingerprint density at radius 2 is 2.14 bits per heavy atom. The Morgan fingerprint density at radius 1 is 1.38 bits per heavy atom. The molecule has 0 heterocycles. The zero-order valence-electron chi connectivity index (χ0n) is 12.4. The van der Waals surface area contributed by atoms with Crippen LogP contribution in [0.3, 0.4) is 0 Å². The number of benzene rings is 1. The fourth-order valence-electron chi connectivity index (χ4n) is 3.46. The summed E-state index contributed by atoms with van der Waals surface area (Å²) in [5, 5.41) is 13.1. The maximum Gasteiger partial charge on any atom is 0.220 e. The van der Waals surface area contributed by atoms with Crippen LogP contribution in [-0.4, -0.2) is 29.8 Å². The van der Waals surface area contributed by atoms with E-state index in [0.29, 0.717) is 24.9 Å². The number of rotatable bonds is 5. The van der Waals surface area contributed by atoms with Gasteiger partial charge in [0.25, 0.3) is 0 Å². The second kappa shape index (κ2) is 6.16. The Bertz CT molecular complexity index is 511. The average Bonchev–Trinajstić information content (AvgIpc) is 2.73. The van der Waals surface area contributed by atoms with Gasteiger partial charge in [-0.05, 0) is 36.8 Å². The van der Waals surface area contributed by atoms with Gasteiger partial charge in [-0.25, -0.2) is 0 Å². The van der Waals surface area contributed by atoms with Gasteiger partial charge in [0.15, 0.2) is 0 Å². The molecule has 0 unspecified atom stereocenters. The summed E-state index contributed by atoms with van der Waals surface area (Å²) >= 11 is 0. The molecule has 1 aromatic rings. The molecule has 1 fully saturated rings. The molecule has 2 aliphatic rings. The molecule has 0 aliphatic heterocycles. The Kier molecular flexibility index (Phi) is 4.27. The lowest BCUT2D eigenvalue weighted by molar-refractivity contribution is -0.125. The third kappa shape index (κ3) is 3.11. The van der Waals surface area contributed by atoms with E-state index in [-0.39, 0.29) is 11.9 Å². The van der Waals surface area contributed by atoms with E-state index in [0.717, 1.165) is 30.6 Å². The van der Waals surface area contributed by atoms with Crippen LogP contribution < -0.4 is 5.32 Å². The summed E-state index contributed by atoms with van der Waals surface area (Å²) in [7, 11) is 0. The lowest BCUT2D eigenvalue weighted by Crippen LogP contribution is -2.38. The highest BCUT2D eigenvalue weighted by Crippen LogP contribution is 2.34. The second-order valence-electron chi connectivity index (χ2n) is 6.13. The lowest BCUT2D eigenvalue weighted by atomic mass is 9.80. The van der Waals surface area contributed by atoms with Gasteiger partial charge in [0.2, 0.25) is 5.91 Å². The van der Waals surface area contributed by atoms with E-state index >= 15 is 0 Å². The van der Waals surface area contributed by atoms with Crippen LogP contribution in [0, 0.1) is 5.92 Å². The minimum atomic E-state index is -0.510. The van der Waals surface area contributed by atoms with Gasteiger partial charge in [0, 0.05) is 19.4 Å². The summed E-state index contributed by atoms with van der Waals surface area (Å²) in [6, 6.07) is 7.68. The summed E-state index contributed by atoms with van der Waals surface area (Å²) in [5.41, 5.74) is 2.19. The van der Waals surface area contributed by atoms with Crippen molar-refractivity contribution >= 4 is 5.91 Å². The highest BCUT2D eigenvalue weighted by Gasteiger charge is 2.34. The number of fused-ring (bicyclic) bond motifs is 1. The molecule has 21 heavy (non-hydrogen) atoms. The largest absolute Gasteiger partial charge is 0.390 e. The maximum absolute atomic E-state index is 12.2. The molecule has 0 saturated heterocycles. The third-order valence-corrected chi connectivity index (χ3v) is 4.59. The van der Waals surface area contributed by atoms with E-state index in [1.807, 2.05) is 31.2 Å². The van der Waals surface area contributed by atoms with Crippen molar-refractivity contribution in [2.24, 2.45) is 5.92 Å². The molecule has 3 rings (SSSR count). The number of nitrogens with one attached hydrogen (secondary N) is 1. The molecule has 0 radical (unpaired) electrons. The molecule has 4 heteroatoms. The molecule has 4 nitrogen and oxygen atoms in total. The molecule has 0 spiro atoms. The van der Waals surface area contributed by atoms with E-state index in [2.05, 4.69) is 5.32 Å². The van der Waals surface area contributed by atoms with Gasteiger partial charge in [0.1, 0.15) is 0 Å². The zero-order valence-corrected chi connectivity index (χ0v) is 12.4. The van der Waals surface area contributed by atoms with Crippen LogP contribution in [0.15, 0.2) is 24.3 Å². The fourth-order valence-corrected chi connectivity index (χ4v) is 3.46. The third-order valence-electron chi connectivity index (χ3n) is 4.59. The molecule has 1 aromatic carbocycles. The topological polar surface area (TPSA) is 58.6 Å². The summed E-state index contributed by atoms with van der Waals surface area (Å²) in [6.07, 6.45) is 2.94. The van der Waals surface area contributed by atoms with Crippen molar-refractivity contribution in [1.29, 1.82) is 0 Å². The number of hydrogen-bond acceptors (Lipinski definition) is 3. The van der Waals surface area contributed by atoms with Crippen molar-refractivity contribution in [2.75, 3.05) is 6.61 Å². The van der Waals surface area contributed by atoms with E-state index in [1.54, 1.807) is 0 Å². The second-order valence-corrected chi connectivity index (χ2v) is 6.13. The Morgan fingerprint density at radius 3 is 2.90 bits per heavy atom. The normalized spacial score (nSPS) is 30.6. The molecule has 1 saturated carbocycles. The quantitative estimate of drug-likeness (QED) is 0.871. The van der Waals surface area contributed by atoms with Crippen LogP contribution >= 0.6 is 0 Å². The summed E-state index contributed by atoms with van der Waals surface area (Å²) < 4.78 is 5.51. The van der Waals surface area contributed by atoms with Gasteiger partial charge >= 0.3 is 0 Å². The minimum Gasteiger partial charge on any atom is -0.390 e. The predicted octanol–water partition coefficient (Wildman–Crippen LogP) is 1.97. The molecule has 2 atom stereocenters. The van der Waals surface area contributed by atoms with Gasteiger partial charge in [-0.15, -0.1) is 0 Å². The van der Waals surface area contributed by atoms with Gasteiger partial charge < -0.3 is 15.2 Å². The first-order valence-electron chi connectivity index (χ1n) is 7.84. The van der Waals surface area contributed by atoms with Gasteiger partial charge in [0.05, 0.1) is 18.2 Å². The highest BCUT2D eigenvalue weighted by molar-refractivity contribution is 5.77. The van der Waals surface area contributed by atoms with E-state index in [1.165, 1.54) is 0 Å². The number of carbonyl (C=O) groups is 1. The monoisotopic (exact) mass is 289 g/mol. The summed E-state index contributed by atoms with van der Waals surface area (Å²) in [4.78, 5) is 12.2. The zero-order chi connectivity index (χ0) is 14.8.